The van der Waals surface area contributed by atoms with Crippen molar-refractivity contribution in [3.63, 3.8) is 0 Å². The van der Waals surface area contributed by atoms with Crippen LogP contribution in [0.2, 0.25) is 0 Å². The van der Waals surface area contributed by atoms with Crippen molar-refractivity contribution in [2.24, 2.45) is 0 Å². The van der Waals surface area contributed by atoms with Crippen LogP contribution in [0.5, 0.6) is 5.75 Å². The molecule has 1 aromatic carbocycles. The summed E-state index contributed by atoms with van der Waals surface area (Å²) in [6.07, 6.45) is 1.97. The quantitative estimate of drug-likeness (QED) is 0.717. The molecule has 1 amide bonds. The van der Waals surface area contributed by atoms with E-state index in [-0.39, 0.29) is 12.0 Å². The van der Waals surface area contributed by atoms with E-state index < -0.39 is 0 Å². The summed E-state index contributed by atoms with van der Waals surface area (Å²) >= 11 is 1.42. The second-order valence-corrected chi connectivity index (χ2v) is 7.69. The zero-order valence-electron chi connectivity index (χ0n) is 15.8. The molecule has 7 heteroatoms. The molecule has 1 N–H and O–H groups in total. The molecule has 0 bridgehead atoms. The van der Waals surface area contributed by atoms with Crippen molar-refractivity contribution in [1.29, 1.82) is 0 Å². The molecule has 1 saturated carbocycles. The fourth-order valence-electron chi connectivity index (χ4n) is 2.81. The molecule has 26 heavy (non-hydrogen) atoms. The Labute approximate surface area is 158 Å². The van der Waals surface area contributed by atoms with Crippen LogP contribution in [0.1, 0.15) is 49.7 Å². The standard InChI is InChI=1S/C19H26N4O2S/c1-5-23-18(14(4)25-16-9-6-12(2)10-13(16)3)21-22-19(23)26-11-17(24)20-15-7-8-15/h6,9-10,14-15H,5,7-8,11H2,1-4H3,(H,20,24). The zero-order valence-corrected chi connectivity index (χ0v) is 16.6. The van der Waals surface area contributed by atoms with E-state index in [2.05, 4.69) is 28.5 Å². The number of aryl methyl sites for hydroxylation is 2. The van der Waals surface area contributed by atoms with E-state index in [0.29, 0.717) is 11.8 Å². The largest absolute Gasteiger partial charge is 0.482 e. The molecule has 6 nitrogen and oxygen atoms in total. The van der Waals surface area contributed by atoms with E-state index in [1.165, 1.54) is 17.3 Å². The van der Waals surface area contributed by atoms with Gasteiger partial charge in [0.05, 0.1) is 5.75 Å². The number of nitrogens with zero attached hydrogens (tertiary/aromatic N) is 3. The fourth-order valence-corrected chi connectivity index (χ4v) is 3.63. The first-order valence-corrected chi connectivity index (χ1v) is 10.1. The molecule has 1 unspecified atom stereocenters. The summed E-state index contributed by atoms with van der Waals surface area (Å²) in [6, 6.07) is 6.52. The van der Waals surface area contributed by atoms with Crippen molar-refractivity contribution in [3.05, 3.63) is 35.2 Å². The van der Waals surface area contributed by atoms with Crippen molar-refractivity contribution < 1.29 is 9.53 Å². The van der Waals surface area contributed by atoms with Gasteiger partial charge >= 0.3 is 0 Å². The molecule has 0 radical (unpaired) electrons. The van der Waals surface area contributed by atoms with Crippen LogP contribution in [0.25, 0.3) is 0 Å². The van der Waals surface area contributed by atoms with Crippen molar-refractivity contribution in [2.75, 3.05) is 5.75 Å². The molecule has 0 aliphatic heterocycles. The highest BCUT2D eigenvalue weighted by atomic mass is 32.2. The number of amides is 1. The lowest BCUT2D eigenvalue weighted by Gasteiger charge is -2.17. The molecule has 3 rings (SSSR count). The lowest BCUT2D eigenvalue weighted by atomic mass is 10.1. The van der Waals surface area contributed by atoms with Gasteiger partial charge < -0.3 is 14.6 Å². The third kappa shape index (κ3) is 4.58. The number of nitrogens with one attached hydrogen (secondary N) is 1. The van der Waals surface area contributed by atoms with Gasteiger partial charge in [0.2, 0.25) is 5.91 Å². The molecule has 1 heterocycles. The summed E-state index contributed by atoms with van der Waals surface area (Å²) in [7, 11) is 0. The predicted octanol–water partition coefficient (Wildman–Crippen LogP) is 3.43. The topological polar surface area (TPSA) is 69.0 Å². The average molecular weight is 375 g/mol. The highest BCUT2D eigenvalue weighted by Gasteiger charge is 2.24. The SMILES string of the molecule is CCn1c(SCC(=O)NC2CC2)nnc1C(C)Oc1ccc(C)cc1C. The van der Waals surface area contributed by atoms with Gasteiger partial charge in [-0.05, 0) is 52.2 Å². The number of ether oxygens (including phenoxy) is 1. The van der Waals surface area contributed by atoms with E-state index in [1.54, 1.807) is 0 Å². The van der Waals surface area contributed by atoms with E-state index in [0.717, 1.165) is 41.7 Å². The minimum Gasteiger partial charge on any atom is -0.482 e. The van der Waals surface area contributed by atoms with Gasteiger partial charge in [0.25, 0.3) is 0 Å². The Morgan fingerprint density at radius 1 is 1.38 bits per heavy atom. The number of hydrogen-bond donors (Lipinski definition) is 1. The van der Waals surface area contributed by atoms with Crippen LogP contribution in [0.4, 0.5) is 0 Å². The first-order chi connectivity index (χ1) is 12.5. The van der Waals surface area contributed by atoms with Gasteiger partial charge in [0, 0.05) is 12.6 Å². The van der Waals surface area contributed by atoms with Crippen LogP contribution in [0, 0.1) is 13.8 Å². The number of carbonyl (C=O) groups is 1. The third-order valence-electron chi connectivity index (χ3n) is 4.33. The molecule has 0 spiro atoms. The Kier molecular flexibility index (Phi) is 5.86. The molecular formula is C19H26N4O2S. The number of aromatic nitrogens is 3. The minimum absolute atomic E-state index is 0.0595. The van der Waals surface area contributed by atoms with Crippen LogP contribution in [-0.2, 0) is 11.3 Å². The highest BCUT2D eigenvalue weighted by Crippen LogP contribution is 2.27. The van der Waals surface area contributed by atoms with Gasteiger partial charge in [0.1, 0.15) is 5.75 Å². The van der Waals surface area contributed by atoms with Crippen LogP contribution >= 0.6 is 11.8 Å². The van der Waals surface area contributed by atoms with Gasteiger partial charge in [-0.25, -0.2) is 0 Å². The van der Waals surface area contributed by atoms with Crippen LogP contribution < -0.4 is 10.1 Å². The monoisotopic (exact) mass is 374 g/mol. The van der Waals surface area contributed by atoms with Crippen LogP contribution in [0.3, 0.4) is 0 Å². The molecule has 0 saturated heterocycles. The summed E-state index contributed by atoms with van der Waals surface area (Å²) in [6.45, 7) is 8.86. The third-order valence-corrected chi connectivity index (χ3v) is 5.30. The first-order valence-electron chi connectivity index (χ1n) is 9.07. The summed E-state index contributed by atoms with van der Waals surface area (Å²) in [5.41, 5.74) is 2.31. The molecule has 2 aromatic rings. The predicted molar refractivity (Wildman–Crippen MR) is 103 cm³/mol. The second-order valence-electron chi connectivity index (χ2n) is 6.74. The molecule has 1 aliphatic carbocycles. The van der Waals surface area contributed by atoms with Crippen LogP contribution in [0.15, 0.2) is 23.4 Å². The molecule has 1 aromatic heterocycles. The second kappa shape index (κ2) is 8.12. The van der Waals surface area contributed by atoms with Crippen molar-refractivity contribution >= 4 is 17.7 Å². The average Bonchev–Trinajstić information content (AvgIpc) is 3.31. The van der Waals surface area contributed by atoms with E-state index in [9.17, 15) is 4.79 Å². The summed E-state index contributed by atoms with van der Waals surface area (Å²) in [4.78, 5) is 11.9. The lowest BCUT2D eigenvalue weighted by molar-refractivity contribution is -0.118. The van der Waals surface area contributed by atoms with Crippen LogP contribution in [-0.4, -0.2) is 32.5 Å². The number of benzene rings is 1. The Morgan fingerprint density at radius 3 is 2.81 bits per heavy atom. The number of hydrogen-bond acceptors (Lipinski definition) is 5. The molecule has 1 fully saturated rings. The minimum atomic E-state index is -0.224. The molecular weight excluding hydrogens is 348 g/mol. The number of carbonyl (C=O) groups excluding carboxylic acids is 1. The van der Waals surface area contributed by atoms with Gasteiger partial charge in [-0.1, -0.05) is 29.5 Å². The Morgan fingerprint density at radius 2 is 2.15 bits per heavy atom. The van der Waals surface area contributed by atoms with Crippen molar-refractivity contribution in [1.82, 2.24) is 20.1 Å². The fraction of sp³-hybridized carbons (Fsp3) is 0.526. The molecule has 1 atom stereocenters. The maximum atomic E-state index is 11.9. The van der Waals surface area contributed by atoms with Gasteiger partial charge in [-0.3, -0.25) is 4.79 Å². The molecule has 1 aliphatic rings. The smallest absolute Gasteiger partial charge is 0.230 e. The maximum Gasteiger partial charge on any atom is 0.230 e. The van der Waals surface area contributed by atoms with E-state index >= 15 is 0 Å². The van der Waals surface area contributed by atoms with E-state index in [1.807, 2.05) is 37.5 Å². The Bertz CT molecular complexity index is 786. The van der Waals surface area contributed by atoms with Gasteiger partial charge in [0.15, 0.2) is 17.1 Å². The molecule has 140 valence electrons. The lowest BCUT2D eigenvalue weighted by Crippen LogP contribution is -2.27. The summed E-state index contributed by atoms with van der Waals surface area (Å²) in [5.74, 6) is 2.05. The van der Waals surface area contributed by atoms with Gasteiger partial charge in [-0.15, -0.1) is 10.2 Å². The number of rotatable bonds is 8. The zero-order chi connectivity index (χ0) is 18.7. The normalized spacial score (nSPS) is 14.9. The summed E-state index contributed by atoms with van der Waals surface area (Å²) < 4.78 is 8.13. The Hall–Kier alpha value is -2.02. The first kappa shape index (κ1) is 18.8. The van der Waals surface area contributed by atoms with E-state index in [4.69, 9.17) is 4.74 Å². The van der Waals surface area contributed by atoms with Gasteiger partial charge in [-0.2, -0.15) is 0 Å². The maximum absolute atomic E-state index is 11.9. The highest BCUT2D eigenvalue weighted by molar-refractivity contribution is 7.99. The number of thioether (sulfide) groups is 1. The van der Waals surface area contributed by atoms with Crippen molar-refractivity contribution in [2.45, 2.75) is 64.4 Å². The van der Waals surface area contributed by atoms with Crippen molar-refractivity contribution in [3.8, 4) is 5.75 Å². The summed E-state index contributed by atoms with van der Waals surface area (Å²) in [5, 5.41) is 12.3. The Balaban J connectivity index is 1.66.